The Morgan fingerprint density at radius 1 is 1.05 bits per heavy atom. The van der Waals surface area contributed by atoms with Gasteiger partial charge in [-0.25, -0.2) is 14.2 Å². The first-order valence-corrected chi connectivity index (χ1v) is 12.2. The van der Waals surface area contributed by atoms with Crippen LogP contribution in [0.3, 0.4) is 0 Å². The van der Waals surface area contributed by atoms with Crippen LogP contribution in [-0.4, -0.2) is 38.5 Å². The lowest BCUT2D eigenvalue weighted by atomic mass is 9.78. The highest BCUT2D eigenvalue weighted by Gasteiger charge is 2.32. The third-order valence-corrected chi connectivity index (χ3v) is 6.65. The molecule has 5 rings (SSSR count). The highest BCUT2D eigenvalue weighted by atomic mass is 19.1. The van der Waals surface area contributed by atoms with Gasteiger partial charge in [-0.1, -0.05) is 38.1 Å². The Morgan fingerprint density at radius 3 is 2.26 bits per heavy atom. The van der Waals surface area contributed by atoms with Gasteiger partial charge in [0, 0.05) is 37.3 Å². The number of halogens is 1. The monoisotopic (exact) mass is 518 g/mol. The third kappa shape index (κ3) is 5.44. The van der Waals surface area contributed by atoms with Crippen LogP contribution in [0.4, 0.5) is 9.18 Å². The summed E-state index contributed by atoms with van der Waals surface area (Å²) in [5, 5.41) is 19.0. The fourth-order valence-electron chi connectivity index (χ4n) is 4.38. The molecular formula is C28H27FN4O5. The van der Waals surface area contributed by atoms with Gasteiger partial charge in [-0.3, -0.25) is 0 Å². The van der Waals surface area contributed by atoms with Crippen molar-refractivity contribution in [3.8, 4) is 28.8 Å². The third-order valence-electron chi connectivity index (χ3n) is 6.65. The number of ether oxygens (including phenoxy) is 2. The van der Waals surface area contributed by atoms with E-state index in [4.69, 9.17) is 19.0 Å². The number of rotatable bonds is 8. The molecule has 0 saturated heterocycles. The zero-order valence-corrected chi connectivity index (χ0v) is 21.1. The first-order chi connectivity index (χ1) is 18.2. The molecule has 0 atom stereocenters. The van der Waals surface area contributed by atoms with Gasteiger partial charge in [-0.15, -0.1) is 10.2 Å². The van der Waals surface area contributed by atoms with Crippen LogP contribution >= 0.6 is 0 Å². The fraction of sp³-hybridized carbons (Fsp3) is 0.286. The van der Waals surface area contributed by atoms with Crippen LogP contribution in [-0.2, 0) is 5.41 Å². The van der Waals surface area contributed by atoms with E-state index in [0.717, 1.165) is 23.1 Å². The summed E-state index contributed by atoms with van der Waals surface area (Å²) < 4.78 is 31.3. The average Bonchev–Trinajstić information content (AvgIpc) is 3.29. The Morgan fingerprint density at radius 2 is 1.68 bits per heavy atom. The highest BCUT2D eigenvalue weighted by molar-refractivity contribution is 5.65. The summed E-state index contributed by atoms with van der Waals surface area (Å²) in [5.74, 6) is 1.41. The number of hydrogen-bond acceptors (Lipinski definition) is 7. The van der Waals surface area contributed by atoms with Gasteiger partial charge in [0.25, 0.3) is 5.89 Å². The van der Waals surface area contributed by atoms with Crippen LogP contribution in [0.25, 0.3) is 11.6 Å². The van der Waals surface area contributed by atoms with Crippen molar-refractivity contribution < 1.29 is 28.2 Å². The molecule has 4 aromatic rings. The summed E-state index contributed by atoms with van der Waals surface area (Å²) in [4.78, 5) is 14.8. The minimum Gasteiger partial charge on any atom is -0.490 e. The normalized spacial score (nSPS) is 16.9. The van der Waals surface area contributed by atoms with E-state index in [1.54, 1.807) is 6.92 Å². The predicted octanol–water partition coefficient (Wildman–Crippen LogP) is 5.87. The molecule has 0 bridgehead atoms. The zero-order valence-electron chi connectivity index (χ0n) is 21.1. The van der Waals surface area contributed by atoms with Crippen molar-refractivity contribution in [1.82, 2.24) is 20.5 Å². The second-order valence-electron chi connectivity index (χ2n) is 9.76. The van der Waals surface area contributed by atoms with Crippen LogP contribution in [0.5, 0.6) is 17.2 Å². The van der Waals surface area contributed by atoms with Crippen molar-refractivity contribution >= 4 is 6.09 Å². The molecule has 196 valence electrons. The summed E-state index contributed by atoms with van der Waals surface area (Å²) in [6, 6.07) is 16.7. The molecule has 1 fully saturated rings. The minimum absolute atomic E-state index is 0.0101. The number of aromatic nitrogens is 3. The summed E-state index contributed by atoms with van der Waals surface area (Å²) in [5.41, 5.74) is 2.11. The molecule has 0 radical (unpaired) electrons. The second-order valence-corrected chi connectivity index (χ2v) is 9.76. The van der Waals surface area contributed by atoms with E-state index >= 15 is 0 Å². The largest absolute Gasteiger partial charge is 0.490 e. The zero-order chi connectivity index (χ0) is 26.9. The molecule has 2 heterocycles. The summed E-state index contributed by atoms with van der Waals surface area (Å²) in [6.45, 7) is 5.91. The number of aryl methyl sites for hydroxylation is 1. The Bertz CT molecular complexity index is 1430. The molecule has 1 saturated carbocycles. The number of carboxylic acid groups (broad SMARTS) is 1. The molecule has 1 aliphatic carbocycles. The lowest BCUT2D eigenvalue weighted by Gasteiger charge is -2.35. The van der Waals surface area contributed by atoms with Crippen LogP contribution in [0.2, 0.25) is 0 Å². The van der Waals surface area contributed by atoms with Gasteiger partial charge >= 0.3 is 6.09 Å². The molecule has 1 amide bonds. The van der Waals surface area contributed by atoms with Gasteiger partial charge in [0.2, 0.25) is 5.89 Å². The number of nitrogens with one attached hydrogen (secondary N) is 1. The number of hydrogen-bond donors (Lipinski definition) is 2. The first kappa shape index (κ1) is 25.2. The molecule has 0 aliphatic heterocycles. The molecule has 0 spiro atoms. The standard InChI is InChI=1S/C28H27FN4O5/c1-16-32-33-26(36-16)25-24(12-19(29)15-30-25)38-22-10-6-18(7-11-22)28(2,3)17-4-8-21(9-5-17)37-23-13-20(14-23)31-27(34)35/h4-12,15,20,23,31H,13-14H2,1-3H3,(H,34,35). The van der Waals surface area contributed by atoms with Crippen LogP contribution in [0.1, 0.15) is 43.7 Å². The molecule has 38 heavy (non-hydrogen) atoms. The topological polar surface area (TPSA) is 120 Å². The Hall–Kier alpha value is -4.47. The van der Waals surface area contributed by atoms with Gasteiger partial charge in [-0.05, 0) is 35.4 Å². The van der Waals surface area contributed by atoms with Gasteiger partial charge in [0.1, 0.15) is 23.4 Å². The summed E-state index contributed by atoms with van der Waals surface area (Å²) in [6.07, 6.45) is 1.40. The fourth-order valence-corrected chi connectivity index (χ4v) is 4.38. The van der Waals surface area contributed by atoms with Gasteiger partial charge in [0.05, 0.1) is 6.20 Å². The van der Waals surface area contributed by atoms with E-state index in [-0.39, 0.29) is 34.9 Å². The number of benzene rings is 2. The van der Waals surface area contributed by atoms with Crippen LogP contribution in [0.15, 0.2) is 65.2 Å². The van der Waals surface area contributed by atoms with Gasteiger partial charge < -0.3 is 24.3 Å². The predicted molar refractivity (Wildman–Crippen MR) is 136 cm³/mol. The van der Waals surface area contributed by atoms with Crippen molar-refractivity contribution in [3.05, 3.63) is 83.6 Å². The molecular weight excluding hydrogens is 491 g/mol. The summed E-state index contributed by atoms with van der Waals surface area (Å²) >= 11 is 0. The van der Waals surface area contributed by atoms with Gasteiger partial charge in [-0.2, -0.15) is 0 Å². The van der Waals surface area contributed by atoms with E-state index in [9.17, 15) is 9.18 Å². The Balaban J connectivity index is 1.26. The second kappa shape index (κ2) is 10.1. The van der Waals surface area contributed by atoms with Crippen molar-refractivity contribution in [2.24, 2.45) is 0 Å². The number of amides is 1. The number of nitrogens with zero attached hydrogens (tertiary/aromatic N) is 3. The number of pyridine rings is 1. The van der Waals surface area contributed by atoms with E-state index < -0.39 is 11.9 Å². The maximum Gasteiger partial charge on any atom is 0.404 e. The Labute approximate surface area is 218 Å². The number of carbonyl (C=O) groups is 1. The van der Waals surface area contributed by atoms with Crippen molar-refractivity contribution in [2.75, 3.05) is 0 Å². The lowest BCUT2D eigenvalue weighted by molar-refractivity contribution is 0.0833. The minimum atomic E-state index is -1.01. The van der Waals surface area contributed by atoms with E-state index in [1.807, 2.05) is 48.5 Å². The van der Waals surface area contributed by atoms with Crippen molar-refractivity contribution in [1.29, 1.82) is 0 Å². The van der Waals surface area contributed by atoms with E-state index in [1.165, 1.54) is 6.07 Å². The molecule has 1 aliphatic rings. The van der Waals surface area contributed by atoms with E-state index in [0.29, 0.717) is 24.5 Å². The quantitative estimate of drug-likeness (QED) is 0.297. The van der Waals surface area contributed by atoms with Crippen LogP contribution in [0, 0.1) is 12.7 Å². The maximum atomic E-state index is 13.9. The molecule has 0 unspecified atom stereocenters. The lowest BCUT2D eigenvalue weighted by Crippen LogP contribution is -2.48. The van der Waals surface area contributed by atoms with Crippen molar-refractivity contribution in [3.63, 3.8) is 0 Å². The molecule has 2 N–H and O–H groups in total. The molecule has 10 heteroatoms. The molecule has 9 nitrogen and oxygen atoms in total. The smallest absolute Gasteiger partial charge is 0.404 e. The van der Waals surface area contributed by atoms with Crippen LogP contribution < -0.4 is 14.8 Å². The Kier molecular flexibility index (Phi) is 6.71. The average molecular weight is 519 g/mol. The first-order valence-electron chi connectivity index (χ1n) is 12.2. The highest BCUT2D eigenvalue weighted by Crippen LogP contribution is 2.36. The van der Waals surface area contributed by atoms with Crippen molar-refractivity contribution in [2.45, 2.75) is 51.2 Å². The molecule has 2 aromatic heterocycles. The van der Waals surface area contributed by atoms with Gasteiger partial charge in [0.15, 0.2) is 11.4 Å². The van der Waals surface area contributed by atoms with E-state index in [2.05, 4.69) is 34.3 Å². The molecule has 2 aromatic carbocycles. The maximum absolute atomic E-state index is 13.9. The summed E-state index contributed by atoms with van der Waals surface area (Å²) in [7, 11) is 0. The SMILES string of the molecule is Cc1nnc(-c2ncc(F)cc2Oc2ccc(C(C)(C)c3ccc(OC4CC(NC(=O)O)C4)cc3)cc2)o1.